The van der Waals surface area contributed by atoms with E-state index in [0.717, 1.165) is 6.42 Å². The largest absolute Gasteiger partial charge is 0.358 e. The molecule has 0 unspecified atom stereocenters. The van der Waals surface area contributed by atoms with Gasteiger partial charge in [0.25, 0.3) is 0 Å². The van der Waals surface area contributed by atoms with E-state index in [2.05, 4.69) is 13.8 Å². The molecule has 0 spiro atoms. The molecule has 0 aromatic heterocycles. The average Bonchev–Trinajstić information content (AvgIpc) is 1.41. The normalized spacial score (nSPS) is 3.82. The average molecular weight is 239 g/mol. The van der Waals surface area contributed by atoms with Gasteiger partial charge in [-0.2, -0.15) is 6.42 Å². The molecule has 0 saturated carbocycles. The van der Waals surface area contributed by atoms with Crippen molar-refractivity contribution in [2.24, 2.45) is 0 Å². The van der Waals surface area contributed by atoms with E-state index in [4.69, 9.17) is 0 Å². The van der Waals surface area contributed by atoms with Crippen LogP contribution in [0.3, 0.4) is 0 Å². The molecule has 0 aliphatic rings. The first-order valence-electron chi connectivity index (χ1n) is 2.21. The zero-order chi connectivity index (χ0) is 4.12. The van der Waals surface area contributed by atoms with Crippen LogP contribution in [0.2, 0.25) is 0 Å². The van der Waals surface area contributed by atoms with E-state index in [1.54, 1.807) is 0 Å². The summed E-state index contributed by atoms with van der Waals surface area (Å²) < 4.78 is 0. The van der Waals surface area contributed by atoms with Crippen LogP contribution in [-0.2, 0) is 32.7 Å². The molecule has 0 saturated heterocycles. The Morgan fingerprint density at radius 2 is 1.27 bits per heavy atom. The zero-order valence-corrected chi connectivity index (χ0v) is 8.24. The maximum absolute atomic E-state index is 3.68. The Morgan fingerprint density at radius 3 is 1.27 bits per heavy atom. The van der Waals surface area contributed by atoms with Gasteiger partial charge in [0.05, 0.1) is 0 Å². The van der Waals surface area contributed by atoms with Gasteiger partial charge in [-0.1, -0.05) is 49.5 Å². The van der Waals surface area contributed by atoms with E-state index >= 15 is 0 Å². The molecule has 0 atom stereocenters. The molecule has 1 heteroatoms. The summed E-state index contributed by atoms with van der Waals surface area (Å²) in [4.78, 5) is 0. The number of rotatable bonds is 2. The Balaban J connectivity index is -0.00000000533. The molecule has 0 fully saturated rings. The van der Waals surface area contributed by atoms with Crippen LogP contribution in [0, 0.1) is 14.4 Å². The van der Waals surface area contributed by atoms with Crippen molar-refractivity contribution in [3.63, 3.8) is 0 Å². The molecule has 0 aromatic carbocycles. The molecular formula is C10H30Y-2. The first kappa shape index (κ1) is 57.3. The van der Waals surface area contributed by atoms with Gasteiger partial charge < -0.3 is 14.4 Å². The number of hydrogen-bond acceptors (Lipinski definition) is 0. The van der Waals surface area contributed by atoms with Gasteiger partial charge in [0.1, 0.15) is 0 Å². The van der Waals surface area contributed by atoms with Crippen LogP contribution in [0.15, 0.2) is 0 Å². The van der Waals surface area contributed by atoms with E-state index < -0.39 is 0 Å². The minimum Gasteiger partial charge on any atom is -0.358 e. The van der Waals surface area contributed by atoms with Gasteiger partial charge in [-0.05, 0) is 0 Å². The third-order valence-electron chi connectivity index (χ3n) is 0.604. The van der Waals surface area contributed by atoms with Crippen molar-refractivity contribution in [3.05, 3.63) is 14.4 Å². The topological polar surface area (TPSA) is 0 Å². The van der Waals surface area contributed by atoms with Gasteiger partial charge in [-0.15, -0.1) is 0 Å². The van der Waals surface area contributed by atoms with Gasteiger partial charge in [0.15, 0.2) is 0 Å². The van der Waals surface area contributed by atoms with Gasteiger partial charge in [0.2, 0.25) is 0 Å². The number of unbranched alkanes of at least 4 members (excludes halogenated alkanes) is 2. The minimum absolute atomic E-state index is 0. The van der Waals surface area contributed by atoms with Crippen LogP contribution in [-0.4, -0.2) is 0 Å². The summed E-state index contributed by atoms with van der Waals surface area (Å²) in [6.07, 6.45) is 3.65. The second-order valence-electron chi connectivity index (χ2n) is 1.21. The standard InChI is InChI=1S/C5H11.4CH4.CH3.Y/c1-3-5-4-2;;;;;;/h1,3-5H2,2H3;4*1H4;1H3;/q-1;;;;;-1;. The molecule has 0 heterocycles. The van der Waals surface area contributed by atoms with Crippen LogP contribution in [0.5, 0.6) is 0 Å². The number of hydrogen-bond donors (Lipinski definition) is 0. The summed E-state index contributed by atoms with van der Waals surface area (Å²) in [5, 5.41) is 0. The second kappa shape index (κ2) is 67.3. The summed E-state index contributed by atoms with van der Waals surface area (Å²) >= 11 is 0. The molecular weight excluding hydrogens is 209 g/mol. The maximum atomic E-state index is 3.68. The molecule has 75 valence electrons. The monoisotopic (exact) mass is 239 g/mol. The predicted molar refractivity (Wildman–Crippen MR) is 58.2 cm³/mol. The molecule has 11 heavy (non-hydrogen) atoms. The Labute approximate surface area is 102 Å². The van der Waals surface area contributed by atoms with E-state index in [1.807, 2.05) is 0 Å². The molecule has 1 radical (unpaired) electrons. The molecule has 0 aliphatic carbocycles. The Bertz CT molecular complexity index is 12.3. The van der Waals surface area contributed by atoms with E-state index in [1.165, 1.54) is 12.8 Å². The molecule has 0 aliphatic heterocycles. The van der Waals surface area contributed by atoms with Crippen molar-refractivity contribution in [3.8, 4) is 0 Å². The summed E-state index contributed by atoms with van der Waals surface area (Å²) in [5.41, 5.74) is 0. The van der Waals surface area contributed by atoms with Crippen LogP contribution in [0.25, 0.3) is 0 Å². The van der Waals surface area contributed by atoms with Crippen molar-refractivity contribution < 1.29 is 32.7 Å². The van der Waals surface area contributed by atoms with Crippen LogP contribution in [0.1, 0.15) is 55.9 Å². The first-order valence-corrected chi connectivity index (χ1v) is 2.21. The van der Waals surface area contributed by atoms with Crippen molar-refractivity contribution in [1.82, 2.24) is 0 Å². The fourth-order valence-corrected chi connectivity index (χ4v) is 0.250. The Morgan fingerprint density at radius 1 is 1.00 bits per heavy atom. The summed E-state index contributed by atoms with van der Waals surface area (Å²) in [7, 11) is 0. The van der Waals surface area contributed by atoms with Gasteiger partial charge in [0, 0.05) is 32.7 Å². The van der Waals surface area contributed by atoms with Crippen LogP contribution < -0.4 is 0 Å². The maximum Gasteiger partial charge on any atom is 0 e. The SMILES string of the molecule is C.C.C.C.[CH2-]CCCC.[CH3-].[Y]. The molecule has 0 bridgehead atoms. The van der Waals surface area contributed by atoms with Crippen molar-refractivity contribution in [2.45, 2.75) is 55.9 Å². The zero-order valence-electron chi connectivity index (χ0n) is 5.41. The Kier molecular flexibility index (Phi) is 351. The van der Waals surface area contributed by atoms with Crippen LogP contribution in [0.4, 0.5) is 0 Å². The predicted octanol–water partition coefficient (Wildman–Crippen LogP) is 5.00. The third-order valence-corrected chi connectivity index (χ3v) is 0.604. The smallest absolute Gasteiger partial charge is 0 e. The molecule has 0 amide bonds. The fourth-order valence-electron chi connectivity index (χ4n) is 0.250. The van der Waals surface area contributed by atoms with Crippen LogP contribution >= 0.6 is 0 Å². The minimum atomic E-state index is 0. The van der Waals surface area contributed by atoms with Gasteiger partial charge >= 0.3 is 0 Å². The molecule has 0 aromatic rings. The van der Waals surface area contributed by atoms with Crippen molar-refractivity contribution >= 4 is 0 Å². The quantitative estimate of drug-likeness (QED) is 0.594. The van der Waals surface area contributed by atoms with E-state index in [-0.39, 0.29) is 69.8 Å². The third kappa shape index (κ3) is 95.5. The molecule has 0 nitrogen and oxygen atoms in total. The van der Waals surface area contributed by atoms with Gasteiger partial charge in [-0.3, -0.25) is 0 Å². The van der Waals surface area contributed by atoms with E-state index in [0.29, 0.717) is 0 Å². The summed E-state index contributed by atoms with van der Waals surface area (Å²) in [6.45, 7) is 5.85. The second-order valence-corrected chi connectivity index (χ2v) is 1.21. The summed E-state index contributed by atoms with van der Waals surface area (Å²) in [6, 6.07) is 0. The van der Waals surface area contributed by atoms with Crippen molar-refractivity contribution in [2.75, 3.05) is 0 Å². The first-order chi connectivity index (χ1) is 2.41. The molecule has 0 rings (SSSR count). The fraction of sp³-hybridized carbons (Fsp3) is 0.800. The van der Waals surface area contributed by atoms with Crippen molar-refractivity contribution in [1.29, 1.82) is 0 Å². The summed E-state index contributed by atoms with van der Waals surface area (Å²) in [5.74, 6) is 0. The molecule has 0 N–H and O–H groups in total. The van der Waals surface area contributed by atoms with Gasteiger partial charge in [-0.25, -0.2) is 0 Å². The van der Waals surface area contributed by atoms with E-state index in [9.17, 15) is 0 Å². The Hall–Kier alpha value is 1.10.